The van der Waals surface area contributed by atoms with E-state index < -0.39 is 0 Å². The molecule has 2 heterocycles. The van der Waals surface area contributed by atoms with Crippen molar-refractivity contribution in [1.82, 2.24) is 14.9 Å². The van der Waals surface area contributed by atoms with Gasteiger partial charge in [0, 0.05) is 19.4 Å². The fourth-order valence-electron chi connectivity index (χ4n) is 2.15. The number of aryl methyl sites for hydroxylation is 1. The molecule has 1 aromatic rings. The molecule has 88 valence electrons. The highest BCUT2D eigenvalue weighted by Crippen LogP contribution is 2.10. The quantitative estimate of drug-likeness (QED) is 0.830. The molecule has 0 spiro atoms. The summed E-state index contributed by atoms with van der Waals surface area (Å²) in [6.45, 7) is 0.969. The maximum atomic E-state index is 12.1. The van der Waals surface area contributed by atoms with Gasteiger partial charge in [0.25, 0.3) is 0 Å². The second-order valence-electron chi connectivity index (χ2n) is 4.45. The molecule has 1 aliphatic rings. The summed E-state index contributed by atoms with van der Waals surface area (Å²) in [7, 11) is 1.93. The van der Waals surface area contributed by atoms with E-state index in [1.807, 2.05) is 17.8 Å². The van der Waals surface area contributed by atoms with Crippen molar-refractivity contribution in [2.24, 2.45) is 7.05 Å². The first kappa shape index (κ1) is 11.3. The molecule has 4 nitrogen and oxygen atoms in total. The summed E-state index contributed by atoms with van der Waals surface area (Å²) in [6, 6.07) is 0.0409. The number of ketones is 1. The standard InChI is InChI=1S/C12H19N3O/c1-15-8-7-14-12(15)9-11(16)10-5-3-2-4-6-13-10/h7-8,10,13H,2-6,9H2,1H3. The highest BCUT2D eigenvalue weighted by Gasteiger charge is 2.20. The van der Waals surface area contributed by atoms with Gasteiger partial charge >= 0.3 is 0 Å². The second kappa shape index (κ2) is 5.25. The van der Waals surface area contributed by atoms with E-state index in [4.69, 9.17) is 0 Å². The van der Waals surface area contributed by atoms with Gasteiger partial charge in [-0.1, -0.05) is 12.8 Å². The molecular weight excluding hydrogens is 202 g/mol. The molecule has 16 heavy (non-hydrogen) atoms. The molecule has 4 heteroatoms. The van der Waals surface area contributed by atoms with E-state index in [2.05, 4.69) is 10.3 Å². The van der Waals surface area contributed by atoms with E-state index in [-0.39, 0.29) is 11.8 Å². The van der Waals surface area contributed by atoms with Crippen molar-refractivity contribution in [3.8, 4) is 0 Å². The first-order valence-corrected chi connectivity index (χ1v) is 5.99. The lowest BCUT2D eigenvalue weighted by atomic mass is 10.0. The molecule has 0 aromatic carbocycles. The normalized spacial score (nSPS) is 21.7. The summed E-state index contributed by atoms with van der Waals surface area (Å²) in [5, 5.41) is 3.33. The summed E-state index contributed by atoms with van der Waals surface area (Å²) < 4.78 is 1.91. The van der Waals surface area contributed by atoms with Crippen LogP contribution in [0.3, 0.4) is 0 Å². The van der Waals surface area contributed by atoms with Crippen LogP contribution in [0.2, 0.25) is 0 Å². The summed E-state index contributed by atoms with van der Waals surface area (Å²) in [4.78, 5) is 16.2. The number of rotatable bonds is 3. The zero-order valence-corrected chi connectivity index (χ0v) is 9.78. The van der Waals surface area contributed by atoms with E-state index in [0.717, 1.165) is 25.2 Å². The number of nitrogens with zero attached hydrogens (tertiary/aromatic N) is 2. The minimum atomic E-state index is 0.0409. The van der Waals surface area contributed by atoms with Gasteiger partial charge in [-0.2, -0.15) is 0 Å². The number of Topliss-reactive ketones (excluding diaryl/α,β-unsaturated/α-hetero) is 1. The Labute approximate surface area is 96.1 Å². The number of carbonyl (C=O) groups excluding carboxylic acids is 1. The molecule has 1 aliphatic heterocycles. The van der Waals surface area contributed by atoms with Gasteiger partial charge in [0.15, 0.2) is 5.78 Å². The number of nitrogens with one attached hydrogen (secondary N) is 1. The zero-order chi connectivity index (χ0) is 11.4. The van der Waals surface area contributed by atoms with Crippen LogP contribution in [0.25, 0.3) is 0 Å². The van der Waals surface area contributed by atoms with Gasteiger partial charge in [0.05, 0.1) is 12.5 Å². The maximum absolute atomic E-state index is 12.1. The smallest absolute Gasteiger partial charge is 0.157 e. The fraction of sp³-hybridized carbons (Fsp3) is 0.667. The average Bonchev–Trinajstić information content (AvgIpc) is 2.57. The van der Waals surface area contributed by atoms with Crippen LogP contribution in [-0.2, 0) is 18.3 Å². The van der Waals surface area contributed by atoms with Crippen LogP contribution >= 0.6 is 0 Å². The van der Waals surface area contributed by atoms with Gasteiger partial charge in [0.1, 0.15) is 5.82 Å². The third kappa shape index (κ3) is 2.70. The second-order valence-corrected chi connectivity index (χ2v) is 4.45. The lowest BCUT2D eigenvalue weighted by Crippen LogP contribution is -2.37. The van der Waals surface area contributed by atoms with Crippen molar-refractivity contribution in [3.63, 3.8) is 0 Å². The molecule has 1 aromatic heterocycles. The van der Waals surface area contributed by atoms with Crippen LogP contribution in [0, 0.1) is 0 Å². The Morgan fingerprint density at radius 1 is 1.56 bits per heavy atom. The van der Waals surface area contributed by atoms with E-state index >= 15 is 0 Å². The van der Waals surface area contributed by atoms with Crippen LogP contribution in [0.15, 0.2) is 12.4 Å². The molecule has 2 rings (SSSR count). The Morgan fingerprint density at radius 2 is 2.44 bits per heavy atom. The fourth-order valence-corrected chi connectivity index (χ4v) is 2.15. The largest absolute Gasteiger partial charge is 0.338 e. The average molecular weight is 221 g/mol. The molecule has 1 N–H and O–H groups in total. The molecule has 1 atom stereocenters. The van der Waals surface area contributed by atoms with Crippen molar-refractivity contribution >= 4 is 5.78 Å². The van der Waals surface area contributed by atoms with Crippen molar-refractivity contribution in [2.45, 2.75) is 38.1 Å². The zero-order valence-electron chi connectivity index (χ0n) is 9.78. The summed E-state index contributed by atoms with van der Waals surface area (Å²) in [5.74, 6) is 1.13. The molecule has 0 bridgehead atoms. The van der Waals surface area contributed by atoms with Crippen molar-refractivity contribution in [3.05, 3.63) is 18.2 Å². The molecule has 1 unspecified atom stereocenters. The van der Waals surface area contributed by atoms with Crippen LogP contribution in [0.4, 0.5) is 0 Å². The van der Waals surface area contributed by atoms with Crippen molar-refractivity contribution < 1.29 is 4.79 Å². The number of hydrogen-bond acceptors (Lipinski definition) is 3. The third-order valence-corrected chi connectivity index (χ3v) is 3.20. The monoisotopic (exact) mass is 221 g/mol. The van der Waals surface area contributed by atoms with Gasteiger partial charge in [-0.05, 0) is 19.4 Å². The maximum Gasteiger partial charge on any atom is 0.157 e. The van der Waals surface area contributed by atoms with Gasteiger partial charge in [-0.25, -0.2) is 4.98 Å². The number of imidazole rings is 1. The molecule has 1 saturated heterocycles. The molecule has 0 saturated carbocycles. The molecule has 1 fully saturated rings. The number of aromatic nitrogens is 2. The number of hydrogen-bond donors (Lipinski definition) is 1. The minimum Gasteiger partial charge on any atom is -0.338 e. The Kier molecular flexibility index (Phi) is 3.72. The van der Waals surface area contributed by atoms with Crippen LogP contribution < -0.4 is 5.32 Å². The number of carbonyl (C=O) groups is 1. The SMILES string of the molecule is Cn1ccnc1CC(=O)C1CCCCCN1. The van der Waals surface area contributed by atoms with Crippen molar-refractivity contribution in [1.29, 1.82) is 0 Å². The van der Waals surface area contributed by atoms with E-state index in [1.54, 1.807) is 6.20 Å². The molecule has 0 aliphatic carbocycles. The third-order valence-electron chi connectivity index (χ3n) is 3.20. The lowest BCUT2D eigenvalue weighted by molar-refractivity contribution is -0.120. The Balaban J connectivity index is 1.94. The highest BCUT2D eigenvalue weighted by molar-refractivity contribution is 5.85. The van der Waals surface area contributed by atoms with Gasteiger partial charge < -0.3 is 9.88 Å². The molecule has 0 radical (unpaired) electrons. The summed E-state index contributed by atoms with van der Waals surface area (Å²) in [5.41, 5.74) is 0. The predicted molar refractivity (Wildman–Crippen MR) is 62.2 cm³/mol. The van der Waals surface area contributed by atoms with Gasteiger partial charge in [0.2, 0.25) is 0 Å². The summed E-state index contributed by atoms with van der Waals surface area (Å²) >= 11 is 0. The van der Waals surface area contributed by atoms with Gasteiger partial charge in [-0.15, -0.1) is 0 Å². The molecular formula is C12H19N3O. The predicted octanol–water partition coefficient (Wildman–Crippen LogP) is 1.06. The summed E-state index contributed by atoms with van der Waals surface area (Å²) in [6.07, 6.45) is 8.62. The van der Waals surface area contributed by atoms with Crippen LogP contribution in [0.1, 0.15) is 31.5 Å². The Hall–Kier alpha value is -1.16. The Morgan fingerprint density at radius 3 is 3.19 bits per heavy atom. The van der Waals surface area contributed by atoms with E-state index in [9.17, 15) is 4.79 Å². The van der Waals surface area contributed by atoms with Crippen molar-refractivity contribution in [2.75, 3.05) is 6.54 Å². The van der Waals surface area contributed by atoms with Crippen LogP contribution in [0.5, 0.6) is 0 Å². The topological polar surface area (TPSA) is 46.9 Å². The van der Waals surface area contributed by atoms with Gasteiger partial charge in [-0.3, -0.25) is 4.79 Å². The van der Waals surface area contributed by atoms with E-state index in [1.165, 1.54) is 12.8 Å². The highest BCUT2D eigenvalue weighted by atomic mass is 16.1. The lowest BCUT2D eigenvalue weighted by Gasteiger charge is -2.13. The van der Waals surface area contributed by atoms with Crippen LogP contribution in [-0.4, -0.2) is 27.9 Å². The molecule has 0 amide bonds. The first-order chi connectivity index (χ1) is 7.77. The minimum absolute atomic E-state index is 0.0409. The Bertz CT molecular complexity index is 351. The van der Waals surface area contributed by atoms with E-state index in [0.29, 0.717) is 6.42 Å². The first-order valence-electron chi connectivity index (χ1n) is 5.99.